The van der Waals surface area contributed by atoms with E-state index in [2.05, 4.69) is 10.3 Å². The second-order valence-electron chi connectivity index (χ2n) is 8.36. The molecular weight excluding hydrogens is 454 g/mol. The third-order valence-corrected chi connectivity index (χ3v) is 8.61. The first-order valence-electron chi connectivity index (χ1n) is 10.4. The first-order valence-corrected chi connectivity index (χ1v) is 13.4. The maximum Gasteiger partial charge on any atom is 0.279 e. The fourth-order valence-corrected chi connectivity index (χ4v) is 7.25. The van der Waals surface area contributed by atoms with E-state index in [4.69, 9.17) is 16.3 Å². The minimum atomic E-state index is -3.11. The predicted molar refractivity (Wildman–Crippen MR) is 125 cm³/mol. The smallest absolute Gasteiger partial charge is 0.279 e. The van der Waals surface area contributed by atoms with Crippen LogP contribution in [0, 0.1) is 0 Å². The van der Waals surface area contributed by atoms with E-state index in [0.717, 1.165) is 48.2 Å². The molecule has 2 fully saturated rings. The van der Waals surface area contributed by atoms with Gasteiger partial charge in [0.25, 0.3) is 5.19 Å². The highest BCUT2D eigenvalue weighted by atomic mass is 35.5. The lowest BCUT2D eigenvalue weighted by atomic mass is 9.99. The van der Waals surface area contributed by atoms with Gasteiger partial charge >= 0.3 is 0 Å². The van der Waals surface area contributed by atoms with Crippen LogP contribution in [0.15, 0.2) is 42.5 Å². The van der Waals surface area contributed by atoms with Gasteiger partial charge in [0.1, 0.15) is 5.75 Å². The number of nitrogens with zero attached hydrogens (tertiary/aromatic N) is 2. The highest BCUT2D eigenvalue weighted by Crippen LogP contribution is 2.37. The molecule has 1 aromatic heterocycles. The first kappa shape index (κ1) is 21.2. The Balaban J connectivity index is 1.17. The van der Waals surface area contributed by atoms with Gasteiger partial charge in [-0.3, -0.25) is 0 Å². The summed E-state index contributed by atoms with van der Waals surface area (Å²) in [7, 11) is -3.11. The average Bonchev–Trinajstić information content (AvgIpc) is 3.24. The average molecular weight is 478 g/mol. The Morgan fingerprint density at radius 2 is 1.87 bits per heavy atom. The summed E-state index contributed by atoms with van der Waals surface area (Å²) in [5.74, 6) is 0.744. The molecular formula is C22H24ClN3O3S2. The molecule has 2 bridgehead atoms. The van der Waals surface area contributed by atoms with Crippen LogP contribution in [0.2, 0.25) is 5.02 Å². The molecule has 1 unspecified atom stereocenters. The van der Waals surface area contributed by atoms with Gasteiger partial charge in [-0.1, -0.05) is 35.1 Å². The maximum absolute atomic E-state index is 12.0. The van der Waals surface area contributed by atoms with Gasteiger partial charge in [0.15, 0.2) is 0 Å². The van der Waals surface area contributed by atoms with E-state index in [1.807, 2.05) is 42.5 Å². The lowest BCUT2D eigenvalue weighted by Crippen LogP contribution is -2.50. The molecule has 0 aliphatic carbocycles. The van der Waals surface area contributed by atoms with Crippen molar-refractivity contribution in [3.8, 4) is 10.9 Å². The van der Waals surface area contributed by atoms with Crippen molar-refractivity contribution in [2.75, 3.05) is 6.26 Å². The van der Waals surface area contributed by atoms with Crippen molar-refractivity contribution >= 4 is 43.2 Å². The number of halogens is 1. The van der Waals surface area contributed by atoms with Gasteiger partial charge in [0, 0.05) is 29.7 Å². The van der Waals surface area contributed by atoms with Gasteiger partial charge in [-0.2, -0.15) is 4.31 Å². The van der Waals surface area contributed by atoms with Crippen molar-refractivity contribution in [3.63, 3.8) is 0 Å². The lowest BCUT2D eigenvalue weighted by Gasteiger charge is -2.37. The van der Waals surface area contributed by atoms with E-state index in [1.54, 1.807) is 4.31 Å². The van der Waals surface area contributed by atoms with Gasteiger partial charge in [-0.15, -0.1) is 0 Å². The second kappa shape index (κ2) is 8.33. The number of nitrogens with one attached hydrogen (secondary N) is 1. The van der Waals surface area contributed by atoms with E-state index in [9.17, 15) is 8.42 Å². The van der Waals surface area contributed by atoms with Crippen LogP contribution in [-0.4, -0.2) is 42.1 Å². The SMILES string of the molecule is CS(=O)(=O)N1[C@@H]2CC[C@H]1CC(NCc1ccc(Oc3nc4cc(Cl)ccc4s3)cc1)C2. The fourth-order valence-electron chi connectivity index (χ4n) is 4.80. The van der Waals surface area contributed by atoms with Crippen LogP contribution in [0.5, 0.6) is 10.9 Å². The molecule has 3 atom stereocenters. The predicted octanol–water partition coefficient (Wildman–Crippen LogP) is 4.79. The Morgan fingerprint density at radius 3 is 2.55 bits per heavy atom. The van der Waals surface area contributed by atoms with Gasteiger partial charge in [0.05, 0.1) is 16.5 Å². The van der Waals surface area contributed by atoms with Crippen molar-refractivity contribution in [3.05, 3.63) is 53.1 Å². The number of hydrogen-bond acceptors (Lipinski definition) is 6. The highest BCUT2D eigenvalue weighted by molar-refractivity contribution is 7.88. The molecule has 164 valence electrons. The zero-order valence-corrected chi connectivity index (χ0v) is 19.5. The van der Waals surface area contributed by atoms with Crippen molar-refractivity contribution in [1.29, 1.82) is 0 Å². The zero-order valence-electron chi connectivity index (χ0n) is 17.1. The van der Waals surface area contributed by atoms with Crippen LogP contribution in [0.25, 0.3) is 10.2 Å². The molecule has 1 N–H and O–H groups in total. The van der Waals surface area contributed by atoms with E-state index < -0.39 is 10.0 Å². The van der Waals surface area contributed by atoms with Crippen LogP contribution in [0.1, 0.15) is 31.2 Å². The molecule has 5 rings (SSSR count). The molecule has 0 amide bonds. The Labute approximate surface area is 191 Å². The molecule has 6 nitrogen and oxygen atoms in total. The Morgan fingerprint density at radius 1 is 1.16 bits per heavy atom. The molecule has 9 heteroatoms. The van der Waals surface area contributed by atoms with Gasteiger partial charge in [-0.05, 0) is 61.6 Å². The Hall–Kier alpha value is -1.71. The maximum atomic E-state index is 12.0. The molecule has 2 aliphatic rings. The molecule has 2 aliphatic heterocycles. The first-order chi connectivity index (χ1) is 14.8. The molecule has 3 heterocycles. The Kier molecular flexibility index (Phi) is 5.68. The minimum absolute atomic E-state index is 0.144. The fraction of sp³-hybridized carbons (Fsp3) is 0.409. The summed E-state index contributed by atoms with van der Waals surface area (Å²) in [6.45, 7) is 0.753. The van der Waals surface area contributed by atoms with Crippen LogP contribution in [0.4, 0.5) is 0 Å². The minimum Gasteiger partial charge on any atom is -0.431 e. The molecule has 0 saturated carbocycles. The summed E-state index contributed by atoms with van der Waals surface area (Å²) in [5.41, 5.74) is 2.01. The molecule has 0 radical (unpaired) electrons. The summed E-state index contributed by atoms with van der Waals surface area (Å²) in [5, 5.41) is 4.87. The zero-order chi connectivity index (χ0) is 21.6. The summed E-state index contributed by atoms with van der Waals surface area (Å²) in [4.78, 5) is 4.48. The molecule has 0 spiro atoms. The number of benzene rings is 2. The van der Waals surface area contributed by atoms with Gasteiger partial charge in [0.2, 0.25) is 10.0 Å². The van der Waals surface area contributed by atoms with E-state index in [0.29, 0.717) is 16.3 Å². The number of aromatic nitrogens is 1. The van der Waals surface area contributed by atoms with Crippen LogP contribution in [0.3, 0.4) is 0 Å². The lowest BCUT2D eigenvalue weighted by molar-refractivity contribution is 0.207. The highest BCUT2D eigenvalue weighted by Gasteiger charge is 2.44. The van der Waals surface area contributed by atoms with E-state index in [1.165, 1.54) is 23.2 Å². The molecule has 2 aromatic carbocycles. The quantitative estimate of drug-likeness (QED) is 0.552. The van der Waals surface area contributed by atoms with Crippen molar-refractivity contribution in [1.82, 2.24) is 14.6 Å². The standard InChI is InChI=1S/C22H24ClN3O3S2/c1-31(27,28)26-17-5-6-18(26)12-16(11-17)24-13-14-2-7-19(8-3-14)29-22-25-20-10-15(23)4-9-21(20)30-22/h2-4,7-10,16-18,24H,5-6,11-13H2,1H3/t16?,17-,18+. The normalized spacial score (nSPS) is 24.0. The molecule has 3 aromatic rings. The summed E-state index contributed by atoms with van der Waals surface area (Å²) in [6.07, 6.45) is 5.04. The molecule has 31 heavy (non-hydrogen) atoms. The monoisotopic (exact) mass is 477 g/mol. The third-order valence-electron chi connectivity index (χ3n) is 6.10. The number of rotatable bonds is 6. The van der Waals surface area contributed by atoms with Crippen LogP contribution in [-0.2, 0) is 16.6 Å². The summed E-state index contributed by atoms with van der Waals surface area (Å²) < 4.78 is 32.8. The van der Waals surface area contributed by atoms with Crippen molar-refractivity contribution in [2.45, 2.75) is 50.4 Å². The number of sulfonamides is 1. The van der Waals surface area contributed by atoms with Crippen LogP contribution >= 0.6 is 22.9 Å². The number of ether oxygens (including phenoxy) is 1. The topological polar surface area (TPSA) is 71.5 Å². The van der Waals surface area contributed by atoms with E-state index in [-0.39, 0.29) is 12.1 Å². The second-order valence-corrected chi connectivity index (χ2v) is 11.7. The van der Waals surface area contributed by atoms with Crippen molar-refractivity contribution in [2.24, 2.45) is 0 Å². The number of fused-ring (bicyclic) bond motifs is 3. The largest absolute Gasteiger partial charge is 0.431 e. The summed E-state index contributed by atoms with van der Waals surface area (Å²) >= 11 is 7.52. The summed E-state index contributed by atoms with van der Waals surface area (Å²) in [6, 6.07) is 14.3. The molecule has 2 saturated heterocycles. The van der Waals surface area contributed by atoms with Gasteiger partial charge in [-0.25, -0.2) is 13.4 Å². The number of thiazole rings is 1. The number of hydrogen-bond donors (Lipinski definition) is 1. The Bertz CT molecular complexity index is 1180. The third kappa shape index (κ3) is 4.59. The van der Waals surface area contributed by atoms with Crippen molar-refractivity contribution < 1.29 is 13.2 Å². The van der Waals surface area contributed by atoms with Gasteiger partial charge < -0.3 is 10.1 Å². The van der Waals surface area contributed by atoms with Crippen LogP contribution < -0.4 is 10.1 Å². The van der Waals surface area contributed by atoms with E-state index >= 15 is 0 Å². The number of piperidine rings is 1.